The second kappa shape index (κ2) is 13.2. The number of hydrogen-bond donors (Lipinski definition) is 0. The number of hydrogen-bond acceptors (Lipinski definition) is 2. The molecule has 2 aromatic heterocycles. The smallest absolute Gasteiger partial charge is 0.135 e. The first-order valence-electron chi connectivity index (χ1n) is 20.8. The van der Waals surface area contributed by atoms with Gasteiger partial charge in [-0.05, 0) is 100 Å². The Morgan fingerprint density at radius 3 is 1.93 bits per heavy atom. The van der Waals surface area contributed by atoms with E-state index in [1.165, 1.54) is 66.5 Å². The molecule has 0 bridgehead atoms. The van der Waals surface area contributed by atoms with Crippen LogP contribution in [0.3, 0.4) is 0 Å². The third-order valence-corrected chi connectivity index (χ3v) is 12.8. The van der Waals surface area contributed by atoms with Crippen LogP contribution in [0.4, 0.5) is 17.1 Å². The largest absolute Gasteiger partial charge is 0.456 e. The topological polar surface area (TPSA) is 21.3 Å². The molecule has 0 saturated carbocycles. The molecule has 0 radical (unpaired) electrons. The lowest BCUT2D eigenvalue weighted by atomic mass is 9.82. The van der Waals surface area contributed by atoms with Crippen molar-refractivity contribution in [2.75, 3.05) is 4.90 Å². The number of rotatable bonds is 6. The summed E-state index contributed by atoms with van der Waals surface area (Å²) in [5.41, 5.74) is 18.4. The number of furan rings is 1. The third-order valence-electron chi connectivity index (χ3n) is 12.8. The Bertz CT molecular complexity index is 3450. The molecule has 3 heteroatoms. The SMILES string of the molecule is CC1(C)c2ccccc2-c2c(-n3c4cccc(N(c5ccccc5)c5ccc6oc7ccccc7c6c5)c4c4cc(-c5ccccc5)cc(-c5ccccc5)c43)cccc21. The Morgan fingerprint density at radius 1 is 0.450 bits per heavy atom. The zero-order valence-electron chi connectivity index (χ0n) is 33.4. The van der Waals surface area contributed by atoms with Gasteiger partial charge in [0, 0.05) is 49.5 Å². The van der Waals surface area contributed by atoms with Crippen LogP contribution in [0.5, 0.6) is 0 Å². The number of nitrogens with zero attached hydrogens (tertiary/aromatic N) is 2. The van der Waals surface area contributed by atoms with Crippen molar-refractivity contribution < 1.29 is 4.42 Å². The first kappa shape index (κ1) is 34.4. The van der Waals surface area contributed by atoms with Gasteiger partial charge in [0.2, 0.25) is 0 Å². The van der Waals surface area contributed by atoms with Crippen LogP contribution >= 0.6 is 0 Å². The molecule has 0 fully saturated rings. The average Bonchev–Trinajstić information content (AvgIpc) is 3.93. The highest BCUT2D eigenvalue weighted by Gasteiger charge is 2.37. The van der Waals surface area contributed by atoms with Gasteiger partial charge in [0.25, 0.3) is 0 Å². The molecule has 1 aliphatic rings. The summed E-state index contributed by atoms with van der Waals surface area (Å²) in [5, 5.41) is 4.59. The molecule has 60 heavy (non-hydrogen) atoms. The van der Waals surface area contributed by atoms with Gasteiger partial charge in [0.05, 0.1) is 22.4 Å². The summed E-state index contributed by atoms with van der Waals surface area (Å²) in [6.07, 6.45) is 0. The van der Waals surface area contributed by atoms with Crippen molar-refractivity contribution in [3.05, 3.63) is 217 Å². The summed E-state index contributed by atoms with van der Waals surface area (Å²) in [5.74, 6) is 0. The number of benzene rings is 9. The normalized spacial score (nSPS) is 13.0. The highest BCUT2D eigenvalue weighted by atomic mass is 16.3. The predicted octanol–water partition coefficient (Wildman–Crippen LogP) is 15.8. The maximum atomic E-state index is 6.34. The van der Waals surface area contributed by atoms with Gasteiger partial charge in [-0.15, -0.1) is 0 Å². The number of para-hydroxylation sites is 2. The number of fused-ring (bicyclic) bond motifs is 9. The Balaban J connectivity index is 1.25. The van der Waals surface area contributed by atoms with E-state index in [9.17, 15) is 0 Å². The van der Waals surface area contributed by atoms with Gasteiger partial charge in [-0.3, -0.25) is 0 Å². The van der Waals surface area contributed by atoms with Crippen LogP contribution in [0, 0.1) is 0 Å². The van der Waals surface area contributed by atoms with Crippen LogP contribution < -0.4 is 4.90 Å². The lowest BCUT2D eigenvalue weighted by Gasteiger charge is -2.26. The molecule has 0 atom stereocenters. The van der Waals surface area contributed by atoms with Crippen LogP contribution in [0.1, 0.15) is 25.0 Å². The van der Waals surface area contributed by atoms with Gasteiger partial charge in [-0.2, -0.15) is 0 Å². The van der Waals surface area contributed by atoms with E-state index in [0.717, 1.165) is 44.5 Å². The average molecular weight is 769 g/mol. The van der Waals surface area contributed by atoms with Crippen molar-refractivity contribution in [2.24, 2.45) is 0 Å². The lowest BCUT2D eigenvalue weighted by Crippen LogP contribution is -2.15. The van der Waals surface area contributed by atoms with E-state index in [1.807, 2.05) is 12.1 Å². The predicted molar refractivity (Wildman–Crippen MR) is 251 cm³/mol. The minimum Gasteiger partial charge on any atom is -0.456 e. The van der Waals surface area contributed by atoms with E-state index in [-0.39, 0.29) is 5.41 Å². The summed E-state index contributed by atoms with van der Waals surface area (Å²) in [7, 11) is 0. The molecule has 0 aliphatic heterocycles. The second-order valence-electron chi connectivity index (χ2n) is 16.5. The minimum atomic E-state index is -0.144. The quantitative estimate of drug-likeness (QED) is 0.168. The highest BCUT2D eigenvalue weighted by Crippen LogP contribution is 2.54. The lowest BCUT2D eigenvalue weighted by molar-refractivity contribution is 0.660. The maximum absolute atomic E-state index is 6.34. The van der Waals surface area contributed by atoms with E-state index in [2.05, 4.69) is 217 Å². The molecule has 11 aromatic rings. The number of aromatic nitrogens is 1. The van der Waals surface area contributed by atoms with E-state index in [1.54, 1.807) is 0 Å². The Kier molecular flexibility index (Phi) is 7.58. The summed E-state index contributed by atoms with van der Waals surface area (Å²) in [4.78, 5) is 2.43. The first-order valence-corrected chi connectivity index (χ1v) is 20.8. The van der Waals surface area contributed by atoms with Crippen LogP contribution in [0.15, 0.2) is 211 Å². The van der Waals surface area contributed by atoms with Crippen molar-refractivity contribution in [3.63, 3.8) is 0 Å². The fraction of sp³-hybridized carbons (Fsp3) is 0.0526. The molecule has 3 nitrogen and oxygen atoms in total. The molecule has 0 amide bonds. The van der Waals surface area contributed by atoms with Gasteiger partial charge >= 0.3 is 0 Å². The molecular weight excluding hydrogens is 729 g/mol. The molecule has 9 aromatic carbocycles. The third kappa shape index (κ3) is 5.09. The van der Waals surface area contributed by atoms with Crippen molar-refractivity contribution in [1.82, 2.24) is 4.57 Å². The molecule has 1 aliphatic carbocycles. The fourth-order valence-corrected chi connectivity index (χ4v) is 10.0. The van der Waals surface area contributed by atoms with E-state index >= 15 is 0 Å². The second-order valence-corrected chi connectivity index (χ2v) is 16.5. The Morgan fingerprint density at radius 2 is 1.12 bits per heavy atom. The van der Waals surface area contributed by atoms with Crippen molar-refractivity contribution in [3.8, 4) is 39.1 Å². The Hall–Kier alpha value is -7.62. The Labute approximate surface area is 349 Å². The maximum Gasteiger partial charge on any atom is 0.135 e. The van der Waals surface area contributed by atoms with Crippen LogP contribution in [0.25, 0.3) is 82.8 Å². The highest BCUT2D eigenvalue weighted by molar-refractivity contribution is 6.21. The van der Waals surface area contributed by atoms with Gasteiger partial charge in [0.15, 0.2) is 0 Å². The van der Waals surface area contributed by atoms with Crippen molar-refractivity contribution in [2.45, 2.75) is 19.3 Å². The number of anilines is 3. The zero-order chi connectivity index (χ0) is 40.0. The van der Waals surface area contributed by atoms with Crippen molar-refractivity contribution in [1.29, 1.82) is 0 Å². The van der Waals surface area contributed by atoms with Gasteiger partial charge < -0.3 is 13.9 Å². The van der Waals surface area contributed by atoms with E-state index in [0.29, 0.717) is 0 Å². The summed E-state index contributed by atoms with van der Waals surface area (Å²) >= 11 is 0. The van der Waals surface area contributed by atoms with E-state index in [4.69, 9.17) is 4.42 Å². The van der Waals surface area contributed by atoms with Gasteiger partial charge in [0.1, 0.15) is 11.2 Å². The van der Waals surface area contributed by atoms with E-state index < -0.39 is 0 Å². The molecule has 0 N–H and O–H groups in total. The fourth-order valence-electron chi connectivity index (χ4n) is 10.0. The standard InChI is InChI=1S/C57H40N2O/c1-57(2)47-26-14-12-25-43(47)54-48(57)27-16-28-49(54)59-51-30-17-29-50(55(51)46-35-39(37-18-6-3-7-19-37)34-44(56(46)59)38-20-8-4-9-21-38)58(40-22-10-5-11-23-40)41-32-33-53-45(36-41)42-24-13-15-31-52(42)60-53/h3-36H,1-2H3. The minimum absolute atomic E-state index is 0.144. The summed E-state index contributed by atoms with van der Waals surface area (Å²) < 4.78 is 8.91. The molecule has 284 valence electrons. The van der Waals surface area contributed by atoms with Crippen LogP contribution in [-0.4, -0.2) is 4.57 Å². The summed E-state index contributed by atoms with van der Waals surface area (Å²) in [6.45, 7) is 4.73. The molecule has 12 rings (SSSR count). The van der Waals surface area contributed by atoms with Crippen molar-refractivity contribution >= 4 is 60.8 Å². The molecular formula is C57H40N2O. The molecule has 0 unspecified atom stereocenters. The first-order chi connectivity index (χ1) is 29.5. The van der Waals surface area contributed by atoms with Crippen LogP contribution in [-0.2, 0) is 5.41 Å². The monoisotopic (exact) mass is 768 g/mol. The molecule has 0 saturated heterocycles. The van der Waals surface area contributed by atoms with Crippen LogP contribution in [0.2, 0.25) is 0 Å². The molecule has 2 heterocycles. The summed E-state index contributed by atoms with van der Waals surface area (Å²) in [6, 6.07) is 75.0. The zero-order valence-corrected chi connectivity index (χ0v) is 33.4. The molecule has 0 spiro atoms. The van der Waals surface area contributed by atoms with Gasteiger partial charge in [-0.1, -0.05) is 153 Å². The van der Waals surface area contributed by atoms with Gasteiger partial charge in [-0.25, -0.2) is 0 Å².